The van der Waals surface area contributed by atoms with Crippen molar-refractivity contribution < 1.29 is 4.79 Å². The van der Waals surface area contributed by atoms with E-state index in [-0.39, 0.29) is 17.9 Å². The fourth-order valence-corrected chi connectivity index (χ4v) is 5.39. The number of carbonyl (C=O) groups excluding carboxylic acids is 1. The van der Waals surface area contributed by atoms with Gasteiger partial charge in [-0.25, -0.2) is 10.4 Å². The molecule has 2 aromatic carbocycles. The summed E-state index contributed by atoms with van der Waals surface area (Å²) in [6, 6.07) is 16.0. The molecule has 6 nitrogen and oxygen atoms in total. The number of aromatic nitrogens is 1. The molecule has 1 aromatic heterocycles. The Hall–Kier alpha value is -2.03. The first-order chi connectivity index (χ1) is 14.7. The molecule has 2 unspecified atom stereocenters. The van der Waals surface area contributed by atoms with Crippen molar-refractivity contribution in [3.05, 3.63) is 64.1 Å². The molecule has 0 aliphatic carbocycles. The van der Waals surface area contributed by atoms with E-state index in [0.717, 1.165) is 48.8 Å². The molecule has 3 heterocycles. The minimum absolute atomic E-state index is 0.0319. The summed E-state index contributed by atoms with van der Waals surface area (Å²) in [6.07, 6.45) is 0. The summed E-state index contributed by atoms with van der Waals surface area (Å²) in [5.74, 6) is 0.106. The number of carbonyl (C=O) groups is 1. The van der Waals surface area contributed by atoms with Crippen LogP contribution in [0, 0.1) is 5.92 Å². The molecular formula is C22H24ClN5OS. The lowest BCUT2D eigenvalue weighted by molar-refractivity contribution is -0.137. The zero-order valence-electron chi connectivity index (χ0n) is 16.6. The molecule has 2 aliphatic heterocycles. The third-order valence-corrected chi connectivity index (χ3v) is 7.18. The van der Waals surface area contributed by atoms with Crippen molar-refractivity contribution in [2.75, 3.05) is 32.7 Å². The second-order valence-corrected chi connectivity index (χ2v) is 9.39. The van der Waals surface area contributed by atoms with Crippen molar-refractivity contribution in [2.24, 2.45) is 5.92 Å². The van der Waals surface area contributed by atoms with Gasteiger partial charge >= 0.3 is 0 Å². The number of thiazole rings is 1. The lowest BCUT2D eigenvalue weighted by Crippen LogP contribution is -2.50. The number of amides is 1. The van der Waals surface area contributed by atoms with Gasteiger partial charge in [0.1, 0.15) is 5.01 Å². The fraction of sp³-hybridized carbons (Fsp3) is 0.364. The van der Waals surface area contributed by atoms with E-state index < -0.39 is 0 Å². The summed E-state index contributed by atoms with van der Waals surface area (Å²) >= 11 is 7.77. The lowest BCUT2D eigenvalue weighted by atomic mass is 9.93. The first kappa shape index (κ1) is 19.9. The van der Waals surface area contributed by atoms with E-state index in [1.807, 2.05) is 35.2 Å². The highest BCUT2D eigenvalue weighted by Crippen LogP contribution is 2.28. The molecule has 2 aliphatic rings. The molecule has 2 saturated heterocycles. The topological polar surface area (TPSA) is 60.5 Å². The average molecular weight is 442 g/mol. The molecule has 3 aromatic rings. The third-order valence-electron chi connectivity index (χ3n) is 5.91. The molecule has 5 rings (SSSR count). The smallest absolute Gasteiger partial charge is 0.229 e. The van der Waals surface area contributed by atoms with E-state index in [2.05, 4.69) is 34.0 Å². The van der Waals surface area contributed by atoms with Crippen LogP contribution in [0.5, 0.6) is 0 Å². The molecule has 0 saturated carbocycles. The molecular weight excluding hydrogens is 418 g/mol. The van der Waals surface area contributed by atoms with Gasteiger partial charge in [0.05, 0.1) is 28.7 Å². The second kappa shape index (κ2) is 8.61. The van der Waals surface area contributed by atoms with Crippen LogP contribution in [0.3, 0.4) is 0 Å². The first-order valence-corrected chi connectivity index (χ1v) is 11.5. The van der Waals surface area contributed by atoms with Crippen molar-refractivity contribution >= 4 is 39.1 Å². The predicted molar refractivity (Wildman–Crippen MR) is 120 cm³/mol. The van der Waals surface area contributed by atoms with Crippen molar-refractivity contribution in [2.45, 2.75) is 12.6 Å². The fourth-order valence-electron chi connectivity index (χ4n) is 4.25. The lowest BCUT2D eigenvalue weighted by Gasteiger charge is -2.36. The van der Waals surface area contributed by atoms with Gasteiger partial charge in [0.25, 0.3) is 0 Å². The van der Waals surface area contributed by atoms with Crippen LogP contribution in [0.4, 0.5) is 0 Å². The van der Waals surface area contributed by atoms with Gasteiger partial charge in [-0.2, -0.15) is 0 Å². The molecule has 1 amide bonds. The van der Waals surface area contributed by atoms with Crippen LogP contribution >= 0.6 is 22.9 Å². The zero-order valence-corrected chi connectivity index (χ0v) is 18.1. The van der Waals surface area contributed by atoms with Crippen molar-refractivity contribution in [1.29, 1.82) is 0 Å². The highest BCUT2D eigenvalue weighted by Gasteiger charge is 2.37. The van der Waals surface area contributed by atoms with Gasteiger partial charge in [-0.3, -0.25) is 15.1 Å². The third kappa shape index (κ3) is 4.08. The summed E-state index contributed by atoms with van der Waals surface area (Å²) in [6.45, 7) is 4.75. The van der Waals surface area contributed by atoms with Gasteiger partial charge < -0.3 is 4.90 Å². The van der Waals surface area contributed by atoms with Crippen LogP contribution in [0.2, 0.25) is 5.02 Å². The Morgan fingerprint density at radius 3 is 2.63 bits per heavy atom. The summed E-state index contributed by atoms with van der Waals surface area (Å²) in [4.78, 5) is 22.4. The summed E-state index contributed by atoms with van der Waals surface area (Å²) in [5.41, 5.74) is 8.57. The standard InChI is InChI=1S/C22H24ClN5OS/c23-16-7-5-15(6-8-16)21-17(13-24-26-21)22(29)28-11-9-27(10-12-28)14-20-25-18-3-1-2-4-19(18)30-20/h1-8,17,21,24,26H,9-14H2. The number of fused-ring (bicyclic) bond motifs is 1. The zero-order chi connectivity index (χ0) is 20.5. The van der Waals surface area contributed by atoms with Gasteiger partial charge in [-0.15, -0.1) is 11.3 Å². The quantitative estimate of drug-likeness (QED) is 0.651. The van der Waals surface area contributed by atoms with Crippen LogP contribution < -0.4 is 10.9 Å². The van der Waals surface area contributed by atoms with Crippen molar-refractivity contribution in [3.63, 3.8) is 0 Å². The van der Waals surface area contributed by atoms with Gasteiger partial charge in [0.15, 0.2) is 0 Å². The first-order valence-electron chi connectivity index (χ1n) is 10.3. The van der Waals surface area contributed by atoms with E-state index in [0.29, 0.717) is 11.6 Å². The summed E-state index contributed by atoms with van der Waals surface area (Å²) in [7, 11) is 0. The number of rotatable bonds is 4. The number of benzene rings is 2. The van der Waals surface area contributed by atoms with Crippen molar-refractivity contribution in [3.8, 4) is 0 Å². The second-order valence-electron chi connectivity index (χ2n) is 7.84. The minimum Gasteiger partial charge on any atom is -0.340 e. The molecule has 2 atom stereocenters. The van der Waals surface area contributed by atoms with Gasteiger partial charge in [0.2, 0.25) is 5.91 Å². The van der Waals surface area contributed by atoms with E-state index in [9.17, 15) is 4.79 Å². The van der Waals surface area contributed by atoms with Crippen LogP contribution in [-0.2, 0) is 11.3 Å². The Kier molecular flexibility index (Phi) is 5.71. The molecule has 156 valence electrons. The molecule has 2 N–H and O–H groups in total. The Morgan fingerprint density at radius 2 is 1.87 bits per heavy atom. The average Bonchev–Trinajstić information content (AvgIpc) is 3.41. The molecule has 0 radical (unpaired) electrons. The maximum atomic E-state index is 13.2. The highest BCUT2D eigenvalue weighted by atomic mass is 35.5. The molecule has 2 fully saturated rings. The molecule has 30 heavy (non-hydrogen) atoms. The number of hydrazine groups is 1. The normalized spacial score (nSPS) is 22.6. The highest BCUT2D eigenvalue weighted by molar-refractivity contribution is 7.18. The van der Waals surface area contributed by atoms with Gasteiger partial charge in [-0.05, 0) is 29.8 Å². The SMILES string of the molecule is O=C(C1CNNC1c1ccc(Cl)cc1)N1CCN(Cc2nc3ccccc3s2)CC1. The van der Waals surface area contributed by atoms with E-state index in [1.165, 1.54) is 4.70 Å². The number of hydrogen-bond donors (Lipinski definition) is 2. The maximum Gasteiger partial charge on any atom is 0.229 e. The van der Waals surface area contributed by atoms with Crippen molar-refractivity contribution in [1.82, 2.24) is 25.6 Å². The van der Waals surface area contributed by atoms with Crippen LogP contribution in [0.25, 0.3) is 10.2 Å². The number of piperazine rings is 1. The molecule has 8 heteroatoms. The van der Waals surface area contributed by atoms with Gasteiger partial charge in [0, 0.05) is 37.7 Å². The van der Waals surface area contributed by atoms with Crippen LogP contribution in [-0.4, -0.2) is 53.4 Å². The number of hydrogen-bond acceptors (Lipinski definition) is 6. The van der Waals surface area contributed by atoms with Gasteiger partial charge in [-0.1, -0.05) is 35.9 Å². The number of para-hydroxylation sites is 1. The maximum absolute atomic E-state index is 13.2. The van der Waals surface area contributed by atoms with Crippen LogP contribution in [0.1, 0.15) is 16.6 Å². The molecule has 0 bridgehead atoms. The Morgan fingerprint density at radius 1 is 1.10 bits per heavy atom. The van der Waals surface area contributed by atoms with Crippen LogP contribution in [0.15, 0.2) is 48.5 Å². The number of nitrogens with zero attached hydrogens (tertiary/aromatic N) is 3. The monoisotopic (exact) mass is 441 g/mol. The van der Waals surface area contributed by atoms with E-state index in [4.69, 9.17) is 16.6 Å². The van der Waals surface area contributed by atoms with E-state index in [1.54, 1.807) is 11.3 Å². The Labute approximate surface area is 184 Å². The van der Waals surface area contributed by atoms with E-state index >= 15 is 0 Å². The Balaban J connectivity index is 1.19. The number of halogens is 1. The molecule has 0 spiro atoms. The largest absolute Gasteiger partial charge is 0.340 e. The summed E-state index contributed by atoms with van der Waals surface area (Å²) in [5, 5.41) is 1.85. The predicted octanol–water partition coefficient (Wildman–Crippen LogP) is 3.06. The Bertz CT molecular complexity index is 998. The number of nitrogens with one attached hydrogen (secondary N) is 2. The summed E-state index contributed by atoms with van der Waals surface area (Å²) < 4.78 is 1.23. The minimum atomic E-state index is -0.109.